The molecule has 3 nitrogen and oxygen atoms in total. The normalized spacial score (nSPS) is 9.57. The van der Waals surface area contributed by atoms with Gasteiger partial charge in [-0.2, -0.15) is 0 Å². The molecule has 0 atom stereocenters. The molecule has 0 aliphatic heterocycles. The highest BCUT2D eigenvalue weighted by Gasteiger charge is 1.99. The molecule has 0 fully saturated rings. The van der Waals surface area contributed by atoms with Crippen LogP contribution < -0.4 is 5.23 Å². The Morgan fingerprint density at radius 2 is 1.50 bits per heavy atom. The average molecular weight is 212 g/mol. The first-order valence-electron chi connectivity index (χ1n) is 3.94. The number of halogens is 1. The molecule has 0 radical (unpaired) electrons. The fourth-order valence-corrected chi connectivity index (χ4v) is 1.30. The summed E-state index contributed by atoms with van der Waals surface area (Å²) in [5.74, 6) is 0. The minimum absolute atomic E-state index is 0. The summed E-state index contributed by atoms with van der Waals surface area (Å²) in [4.78, 5) is 0. The van der Waals surface area contributed by atoms with Crippen LogP contribution in [0.1, 0.15) is 0 Å². The average Bonchev–Trinajstić information content (AvgIpc) is 2.17. The van der Waals surface area contributed by atoms with Crippen molar-refractivity contribution in [1.29, 1.82) is 0 Å². The molecule has 0 amide bonds. The lowest BCUT2D eigenvalue weighted by Gasteiger charge is -2.08. The number of nitrogens with zero attached hydrogens (tertiary/aromatic N) is 1. The van der Waals surface area contributed by atoms with Gasteiger partial charge in [0.2, 0.25) is 0 Å². The molecule has 0 heterocycles. The van der Waals surface area contributed by atoms with E-state index in [-0.39, 0.29) is 17.6 Å². The van der Waals surface area contributed by atoms with Gasteiger partial charge in [-0.25, -0.2) is 0 Å². The number of anilines is 1. The summed E-state index contributed by atoms with van der Waals surface area (Å²) in [5, 5.41) is 19.7. The lowest BCUT2D eigenvalue weighted by atomic mass is 10.1. The van der Waals surface area contributed by atoms with Crippen LogP contribution in [0.4, 0.5) is 5.69 Å². The molecular weight excluding hydrogens is 202 g/mol. The van der Waals surface area contributed by atoms with Crippen molar-refractivity contribution in [2.75, 3.05) is 5.23 Å². The van der Waals surface area contributed by atoms with E-state index in [0.717, 1.165) is 10.8 Å². The molecule has 2 aromatic carbocycles. The Labute approximate surface area is 87.5 Å². The zero-order valence-corrected chi connectivity index (χ0v) is 8.11. The van der Waals surface area contributed by atoms with Crippen molar-refractivity contribution in [2.45, 2.75) is 0 Å². The van der Waals surface area contributed by atoms with Crippen LogP contribution in [0.15, 0.2) is 42.5 Å². The summed E-state index contributed by atoms with van der Waals surface area (Å²) in [6, 6.07) is 12.9. The molecular formula is C10H10ClNO2. The van der Waals surface area contributed by atoms with E-state index >= 15 is 0 Å². The zero-order chi connectivity index (χ0) is 9.26. The monoisotopic (exact) mass is 211 g/mol. The van der Waals surface area contributed by atoms with Gasteiger partial charge in [-0.1, -0.05) is 30.3 Å². The lowest BCUT2D eigenvalue weighted by molar-refractivity contribution is 0.0292. The van der Waals surface area contributed by atoms with Gasteiger partial charge in [-0.05, 0) is 22.9 Å². The highest BCUT2D eigenvalue weighted by Crippen LogP contribution is 2.19. The summed E-state index contributed by atoms with van der Waals surface area (Å²) in [5.41, 5.74) is 0.360. The molecule has 0 aliphatic carbocycles. The van der Waals surface area contributed by atoms with Crippen molar-refractivity contribution in [1.82, 2.24) is 0 Å². The van der Waals surface area contributed by atoms with Crippen LogP contribution in [0, 0.1) is 0 Å². The molecule has 0 unspecified atom stereocenters. The van der Waals surface area contributed by atoms with E-state index in [1.54, 1.807) is 12.1 Å². The van der Waals surface area contributed by atoms with E-state index in [1.165, 1.54) is 0 Å². The molecule has 0 saturated heterocycles. The van der Waals surface area contributed by atoms with Crippen LogP contribution in [-0.4, -0.2) is 10.4 Å². The Kier molecular flexibility index (Phi) is 3.30. The molecule has 2 rings (SSSR count). The summed E-state index contributed by atoms with van der Waals surface area (Å²) in [6.07, 6.45) is 0. The van der Waals surface area contributed by atoms with Crippen molar-refractivity contribution >= 4 is 28.9 Å². The van der Waals surface area contributed by atoms with Crippen LogP contribution >= 0.6 is 12.4 Å². The van der Waals surface area contributed by atoms with Gasteiger partial charge in [-0.3, -0.25) is 10.4 Å². The van der Waals surface area contributed by atoms with Crippen LogP contribution in [0.3, 0.4) is 0 Å². The Morgan fingerprint density at radius 1 is 0.857 bits per heavy atom. The van der Waals surface area contributed by atoms with Gasteiger partial charge in [-0.15, -0.1) is 17.6 Å². The smallest absolute Gasteiger partial charge is 0.0949 e. The molecule has 2 aromatic rings. The molecule has 14 heavy (non-hydrogen) atoms. The van der Waals surface area contributed by atoms with Gasteiger partial charge < -0.3 is 0 Å². The van der Waals surface area contributed by atoms with Gasteiger partial charge in [0.15, 0.2) is 0 Å². The number of rotatable bonds is 1. The molecule has 4 heteroatoms. The maximum atomic E-state index is 8.77. The third-order valence-electron chi connectivity index (χ3n) is 1.96. The highest BCUT2D eigenvalue weighted by atomic mass is 35.5. The Balaban J connectivity index is 0.000000980. The topological polar surface area (TPSA) is 43.7 Å². The summed E-state index contributed by atoms with van der Waals surface area (Å²) >= 11 is 0. The van der Waals surface area contributed by atoms with Gasteiger partial charge in [0, 0.05) is 0 Å². The fourth-order valence-electron chi connectivity index (χ4n) is 1.30. The number of hydrogen-bond acceptors (Lipinski definition) is 3. The third-order valence-corrected chi connectivity index (χ3v) is 1.96. The Morgan fingerprint density at radius 3 is 2.14 bits per heavy atom. The summed E-state index contributed by atoms with van der Waals surface area (Å²) in [6.45, 7) is 0. The van der Waals surface area contributed by atoms with Crippen molar-refractivity contribution < 1.29 is 10.4 Å². The first kappa shape index (κ1) is 10.8. The van der Waals surface area contributed by atoms with Crippen molar-refractivity contribution in [2.24, 2.45) is 0 Å². The predicted octanol–water partition coefficient (Wildman–Crippen LogP) is 2.85. The first-order chi connectivity index (χ1) is 6.27. The molecule has 0 aliphatic rings. The molecule has 2 N–H and O–H groups in total. The SMILES string of the molecule is Cl.ON(O)c1ccc2ccccc2c1. The van der Waals surface area contributed by atoms with Crippen LogP contribution in [-0.2, 0) is 0 Å². The van der Waals surface area contributed by atoms with E-state index in [4.69, 9.17) is 10.4 Å². The molecule has 0 aromatic heterocycles. The summed E-state index contributed by atoms with van der Waals surface area (Å²) in [7, 11) is 0. The summed E-state index contributed by atoms with van der Waals surface area (Å²) < 4.78 is 0. The second-order valence-electron chi connectivity index (χ2n) is 2.82. The maximum absolute atomic E-state index is 8.77. The van der Waals surface area contributed by atoms with Gasteiger partial charge in [0.1, 0.15) is 0 Å². The highest BCUT2D eigenvalue weighted by molar-refractivity contribution is 5.85. The van der Waals surface area contributed by atoms with E-state index in [0.29, 0.717) is 5.69 Å². The van der Waals surface area contributed by atoms with E-state index in [2.05, 4.69) is 0 Å². The predicted molar refractivity (Wildman–Crippen MR) is 57.2 cm³/mol. The Hall–Kier alpha value is -1.29. The standard InChI is InChI=1S/C10H9NO2.ClH/c12-11(13)10-6-5-8-3-1-2-4-9(8)7-10;/h1-7,12-13H;1H. The van der Waals surface area contributed by atoms with Crippen molar-refractivity contribution in [3.05, 3.63) is 42.5 Å². The molecule has 74 valence electrons. The minimum Gasteiger partial charge on any atom is -0.264 e. The number of benzene rings is 2. The van der Waals surface area contributed by atoms with Crippen LogP contribution in [0.2, 0.25) is 0 Å². The van der Waals surface area contributed by atoms with Crippen molar-refractivity contribution in [3.63, 3.8) is 0 Å². The second kappa shape index (κ2) is 4.28. The third kappa shape index (κ3) is 1.96. The first-order valence-corrected chi connectivity index (χ1v) is 3.94. The van der Waals surface area contributed by atoms with E-state index in [1.807, 2.05) is 30.3 Å². The second-order valence-corrected chi connectivity index (χ2v) is 2.82. The van der Waals surface area contributed by atoms with Crippen LogP contribution in [0.25, 0.3) is 10.8 Å². The van der Waals surface area contributed by atoms with Gasteiger partial charge in [0.05, 0.1) is 5.69 Å². The van der Waals surface area contributed by atoms with E-state index in [9.17, 15) is 0 Å². The Bertz CT molecular complexity index is 431. The fraction of sp³-hybridized carbons (Fsp3) is 0. The van der Waals surface area contributed by atoms with Gasteiger partial charge >= 0.3 is 0 Å². The molecule has 0 bridgehead atoms. The molecule has 0 spiro atoms. The minimum atomic E-state index is 0. The molecule has 0 saturated carbocycles. The van der Waals surface area contributed by atoms with Gasteiger partial charge in [0.25, 0.3) is 0 Å². The van der Waals surface area contributed by atoms with Crippen molar-refractivity contribution in [3.8, 4) is 0 Å². The van der Waals surface area contributed by atoms with Crippen LogP contribution in [0.5, 0.6) is 0 Å². The lowest BCUT2D eigenvalue weighted by Crippen LogP contribution is -2.10. The zero-order valence-electron chi connectivity index (χ0n) is 7.29. The number of hydrogen-bond donors (Lipinski definition) is 2. The maximum Gasteiger partial charge on any atom is 0.0949 e. The number of fused-ring (bicyclic) bond motifs is 1. The quantitative estimate of drug-likeness (QED) is 0.713. The van der Waals surface area contributed by atoms with E-state index < -0.39 is 0 Å². The largest absolute Gasteiger partial charge is 0.264 e.